The van der Waals surface area contributed by atoms with Gasteiger partial charge in [-0.1, -0.05) is 283 Å². The largest absolute Gasteiger partial charge is 0.472 e. The summed E-state index contributed by atoms with van der Waals surface area (Å²) >= 11 is 0. The fourth-order valence-electron chi connectivity index (χ4n) is 9.34. The Balaban J connectivity index is 4.64. The Morgan fingerprint density at radius 1 is 0.365 bits per heavy atom. The lowest BCUT2D eigenvalue weighted by Crippen LogP contribution is -2.30. The van der Waals surface area contributed by atoms with Crippen LogP contribution in [-0.4, -0.2) is 66.5 Å². The number of allylic oxidation sites excluding steroid dienone is 2. The standard InChI is InChI=1S/C62H119O11P/c1-4-7-10-13-16-19-22-24-26-28-29-31-33-35-38-41-44-47-50-53-62(66)73-59(55-69-60(64)51-48-45-42-39-37-34-32-30-27-25-23-20-17-14-11-8-5-2)57-71-74(67,68)70-56-58(54-63)72-61(65)52-49-46-43-40-36-21-18-15-12-9-6-3/h15,18,58-59,63H,4-14,16-17,19-57H2,1-3H3,(H,67,68)/b18-15-. The molecule has 2 N–H and O–H groups in total. The van der Waals surface area contributed by atoms with Crippen molar-refractivity contribution < 1.29 is 52.2 Å². The minimum atomic E-state index is -4.74. The van der Waals surface area contributed by atoms with Crippen LogP contribution < -0.4 is 0 Å². The van der Waals surface area contributed by atoms with Crippen LogP contribution in [0.5, 0.6) is 0 Å². The first-order chi connectivity index (χ1) is 36.2. The molecule has 0 saturated carbocycles. The molecule has 0 aliphatic heterocycles. The highest BCUT2D eigenvalue weighted by molar-refractivity contribution is 7.47. The number of esters is 3. The highest BCUT2D eigenvalue weighted by Gasteiger charge is 2.28. The fraction of sp³-hybridized carbons (Fsp3) is 0.919. The average Bonchev–Trinajstić information content (AvgIpc) is 3.39. The summed E-state index contributed by atoms with van der Waals surface area (Å²) in [6, 6.07) is 0. The minimum Gasteiger partial charge on any atom is -0.462 e. The van der Waals surface area contributed by atoms with Crippen molar-refractivity contribution in [2.45, 2.75) is 341 Å². The van der Waals surface area contributed by atoms with Gasteiger partial charge < -0.3 is 24.2 Å². The monoisotopic (exact) mass is 1070 g/mol. The van der Waals surface area contributed by atoms with Gasteiger partial charge in [0.15, 0.2) is 6.10 Å². The number of carbonyl (C=O) groups excluding carboxylic acids is 3. The summed E-state index contributed by atoms with van der Waals surface area (Å²) in [5, 5.41) is 9.81. The summed E-state index contributed by atoms with van der Waals surface area (Å²) in [6.07, 6.45) is 57.4. The number of ether oxygens (including phenoxy) is 3. The first-order valence-corrected chi connectivity index (χ1v) is 33.1. The Bertz CT molecular complexity index is 1290. The maximum absolute atomic E-state index is 12.9. The number of phosphoric ester groups is 1. The van der Waals surface area contributed by atoms with Crippen molar-refractivity contribution in [2.75, 3.05) is 26.4 Å². The lowest BCUT2D eigenvalue weighted by Gasteiger charge is -2.21. The number of hydrogen-bond acceptors (Lipinski definition) is 10. The molecule has 0 bridgehead atoms. The van der Waals surface area contributed by atoms with Gasteiger partial charge in [-0.3, -0.25) is 23.4 Å². The first kappa shape index (κ1) is 72.2. The molecule has 0 aromatic heterocycles. The Labute approximate surface area is 456 Å². The van der Waals surface area contributed by atoms with Crippen molar-refractivity contribution in [2.24, 2.45) is 0 Å². The highest BCUT2D eigenvalue weighted by atomic mass is 31.2. The number of aliphatic hydroxyl groups is 1. The molecule has 0 fully saturated rings. The van der Waals surface area contributed by atoms with E-state index < -0.39 is 57.8 Å². The van der Waals surface area contributed by atoms with Gasteiger partial charge in [-0.15, -0.1) is 0 Å². The number of carbonyl (C=O) groups is 3. The summed E-state index contributed by atoms with van der Waals surface area (Å²) in [5.41, 5.74) is 0. The summed E-state index contributed by atoms with van der Waals surface area (Å²) in [6.45, 7) is 4.68. The molecule has 11 nitrogen and oxygen atoms in total. The molecule has 74 heavy (non-hydrogen) atoms. The summed E-state index contributed by atoms with van der Waals surface area (Å²) < 4.78 is 39.6. The van der Waals surface area contributed by atoms with Gasteiger partial charge in [0.25, 0.3) is 0 Å². The van der Waals surface area contributed by atoms with E-state index in [9.17, 15) is 28.9 Å². The SMILES string of the molecule is CCCC/C=C\CCCCCCCC(=O)OC(CO)COP(=O)(O)OCC(COC(=O)CCCCCCCCCCCCCCCCCCC)OC(=O)CCCCCCCCCCCCCCCCCCCCC. The van der Waals surface area contributed by atoms with E-state index in [1.54, 1.807) is 0 Å². The van der Waals surface area contributed by atoms with E-state index >= 15 is 0 Å². The first-order valence-electron chi connectivity index (χ1n) is 31.6. The Morgan fingerprint density at radius 3 is 0.973 bits per heavy atom. The number of rotatable bonds is 60. The second-order valence-corrected chi connectivity index (χ2v) is 23.0. The van der Waals surface area contributed by atoms with Crippen molar-refractivity contribution in [1.29, 1.82) is 0 Å². The van der Waals surface area contributed by atoms with Gasteiger partial charge in [-0.2, -0.15) is 0 Å². The Kier molecular flexibility index (Phi) is 56.0. The molecule has 0 spiro atoms. The van der Waals surface area contributed by atoms with E-state index in [2.05, 4.69) is 32.9 Å². The zero-order valence-electron chi connectivity index (χ0n) is 48.6. The van der Waals surface area contributed by atoms with Crippen LogP contribution >= 0.6 is 7.82 Å². The van der Waals surface area contributed by atoms with E-state index in [1.807, 2.05) is 0 Å². The van der Waals surface area contributed by atoms with Crippen LogP contribution in [0.4, 0.5) is 0 Å². The van der Waals surface area contributed by atoms with Crippen LogP contribution in [-0.2, 0) is 42.2 Å². The third-order valence-corrected chi connectivity index (χ3v) is 15.1. The van der Waals surface area contributed by atoms with Crippen molar-refractivity contribution in [3.8, 4) is 0 Å². The van der Waals surface area contributed by atoms with Crippen LogP contribution in [0.2, 0.25) is 0 Å². The number of phosphoric acid groups is 1. The maximum Gasteiger partial charge on any atom is 0.472 e. The van der Waals surface area contributed by atoms with E-state index in [0.29, 0.717) is 19.3 Å². The second-order valence-electron chi connectivity index (χ2n) is 21.6. The average molecular weight is 1070 g/mol. The maximum atomic E-state index is 12.9. The molecule has 0 aromatic carbocycles. The molecule has 0 heterocycles. The lowest BCUT2D eigenvalue weighted by atomic mass is 10.0. The summed E-state index contributed by atoms with van der Waals surface area (Å²) in [5.74, 6) is -1.44. The van der Waals surface area contributed by atoms with Gasteiger partial charge in [0, 0.05) is 19.3 Å². The molecular weight excluding hydrogens is 952 g/mol. The van der Waals surface area contributed by atoms with Crippen molar-refractivity contribution in [3.05, 3.63) is 12.2 Å². The van der Waals surface area contributed by atoms with E-state index in [1.165, 1.54) is 193 Å². The van der Waals surface area contributed by atoms with Gasteiger partial charge in [0.1, 0.15) is 12.7 Å². The molecule has 0 saturated heterocycles. The zero-order chi connectivity index (χ0) is 54.1. The Hall–Kier alpha value is -1.78. The molecule has 0 aliphatic rings. The predicted octanol–water partition coefficient (Wildman–Crippen LogP) is 18.8. The van der Waals surface area contributed by atoms with Crippen LogP contribution in [0, 0.1) is 0 Å². The quantitative estimate of drug-likeness (QED) is 0.0197. The van der Waals surface area contributed by atoms with Crippen LogP contribution in [0.15, 0.2) is 12.2 Å². The normalized spacial score (nSPS) is 13.3. The van der Waals surface area contributed by atoms with Crippen LogP contribution in [0.3, 0.4) is 0 Å². The molecule has 0 amide bonds. The number of unbranched alkanes of at least 4 members (excludes halogenated alkanes) is 41. The molecule has 0 radical (unpaired) electrons. The highest BCUT2D eigenvalue weighted by Crippen LogP contribution is 2.43. The van der Waals surface area contributed by atoms with Crippen molar-refractivity contribution in [3.63, 3.8) is 0 Å². The van der Waals surface area contributed by atoms with Gasteiger partial charge in [0.05, 0.1) is 19.8 Å². The molecule has 12 heteroatoms. The Morgan fingerprint density at radius 2 is 0.635 bits per heavy atom. The van der Waals surface area contributed by atoms with Gasteiger partial charge in [-0.05, 0) is 38.5 Å². The predicted molar refractivity (Wildman–Crippen MR) is 307 cm³/mol. The topological polar surface area (TPSA) is 155 Å². The van der Waals surface area contributed by atoms with E-state index in [-0.39, 0.29) is 25.9 Å². The van der Waals surface area contributed by atoms with Crippen molar-refractivity contribution >= 4 is 25.7 Å². The third kappa shape index (κ3) is 55.0. The zero-order valence-corrected chi connectivity index (χ0v) is 49.5. The molecule has 0 aromatic rings. The van der Waals surface area contributed by atoms with Crippen LogP contribution in [0.1, 0.15) is 329 Å². The van der Waals surface area contributed by atoms with Crippen LogP contribution in [0.25, 0.3) is 0 Å². The van der Waals surface area contributed by atoms with Gasteiger partial charge >= 0.3 is 25.7 Å². The molecule has 3 atom stereocenters. The molecule has 3 unspecified atom stereocenters. The number of aliphatic hydroxyl groups excluding tert-OH is 1. The van der Waals surface area contributed by atoms with Gasteiger partial charge in [-0.25, -0.2) is 4.57 Å². The molecule has 438 valence electrons. The molecular formula is C62H119O11P. The van der Waals surface area contributed by atoms with Crippen molar-refractivity contribution in [1.82, 2.24) is 0 Å². The lowest BCUT2D eigenvalue weighted by molar-refractivity contribution is -0.161. The number of hydrogen-bond donors (Lipinski definition) is 2. The summed E-state index contributed by atoms with van der Waals surface area (Å²) in [7, 11) is -4.74. The van der Waals surface area contributed by atoms with Gasteiger partial charge in [0.2, 0.25) is 0 Å². The van der Waals surface area contributed by atoms with E-state index in [4.69, 9.17) is 23.3 Å². The second kappa shape index (κ2) is 57.4. The molecule has 0 aliphatic carbocycles. The molecule has 0 rings (SSSR count). The fourth-order valence-corrected chi connectivity index (χ4v) is 10.1. The summed E-state index contributed by atoms with van der Waals surface area (Å²) in [4.78, 5) is 48.6. The smallest absolute Gasteiger partial charge is 0.462 e. The van der Waals surface area contributed by atoms with E-state index in [0.717, 1.165) is 77.0 Å². The minimum absolute atomic E-state index is 0.172. The third-order valence-electron chi connectivity index (χ3n) is 14.2.